The van der Waals surface area contributed by atoms with Crippen LogP contribution < -0.4 is 16.6 Å². The van der Waals surface area contributed by atoms with E-state index in [0.29, 0.717) is 28.0 Å². The fourth-order valence-electron chi connectivity index (χ4n) is 3.48. The van der Waals surface area contributed by atoms with E-state index in [9.17, 15) is 14.4 Å². The zero-order chi connectivity index (χ0) is 21.8. The fourth-order valence-corrected chi connectivity index (χ4v) is 3.61. The predicted molar refractivity (Wildman–Crippen MR) is 123 cm³/mol. The third kappa shape index (κ3) is 4.59. The average molecular weight is 434 g/mol. The zero-order valence-electron chi connectivity index (χ0n) is 16.6. The molecule has 31 heavy (non-hydrogen) atoms. The predicted octanol–water partition coefficient (Wildman–Crippen LogP) is 3.70. The van der Waals surface area contributed by atoms with Crippen molar-refractivity contribution in [3.63, 3.8) is 0 Å². The quantitative estimate of drug-likeness (QED) is 0.504. The van der Waals surface area contributed by atoms with Crippen molar-refractivity contribution >= 4 is 34.1 Å². The summed E-state index contributed by atoms with van der Waals surface area (Å²) >= 11 is 5.88. The molecule has 0 atom stereocenters. The minimum absolute atomic E-state index is 0.215. The van der Waals surface area contributed by atoms with Crippen molar-refractivity contribution in [3.05, 3.63) is 110 Å². The van der Waals surface area contributed by atoms with E-state index in [-0.39, 0.29) is 24.6 Å². The molecule has 156 valence electrons. The fraction of sp³-hybridized carbons (Fsp3) is 0.125. The molecule has 0 aliphatic carbocycles. The summed E-state index contributed by atoms with van der Waals surface area (Å²) in [6.45, 7) is 0.0128. The van der Waals surface area contributed by atoms with Crippen molar-refractivity contribution in [2.75, 3.05) is 5.32 Å². The molecule has 0 bridgehead atoms. The number of nitrogens with zero attached hydrogens (tertiary/aromatic N) is 2. The first-order chi connectivity index (χ1) is 15.0. The molecular weight excluding hydrogens is 414 g/mol. The number of hydrogen-bond acceptors (Lipinski definition) is 3. The van der Waals surface area contributed by atoms with E-state index in [0.717, 1.165) is 5.56 Å². The highest BCUT2D eigenvalue weighted by atomic mass is 35.5. The second-order valence-corrected chi connectivity index (χ2v) is 7.57. The van der Waals surface area contributed by atoms with Crippen LogP contribution in [0.4, 0.5) is 5.69 Å². The summed E-state index contributed by atoms with van der Waals surface area (Å²) in [7, 11) is 0. The molecule has 0 aliphatic rings. The van der Waals surface area contributed by atoms with Gasteiger partial charge in [0.2, 0.25) is 5.91 Å². The number of halogens is 1. The second-order valence-electron chi connectivity index (χ2n) is 7.13. The van der Waals surface area contributed by atoms with Crippen molar-refractivity contribution in [2.24, 2.45) is 0 Å². The maximum atomic E-state index is 13.2. The monoisotopic (exact) mass is 433 g/mol. The van der Waals surface area contributed by atoms with Crippen LogP contribution in [0, 0.1) is 0 Å². The lowest BCUT2D eigenvalue weighted by molar-refractivity contribution is -0.116. The number of amides is 1. The third-order valence-corrected chi connectivity index (χ3v) is 5.28. The Hall–Kier alpha value is -3.64. The number of anilines is 1. The zero-order valence-corrected chi connectivity index (χ0v) is 17.4. The third-order valence-electron chi connectivity index (χ3n) is 5.03. The van der Waals surface area contributed by atoms with Gasteiger partial charge < -0.3 is 5.32 Å². The molecule has 4 rings (SSSR count). The van der Waals surface area contributed by atoms with Crippen LogP contribution in [0.5, 0.6) is 0 Å². The van der Waals surface area contributed by atoms with Crippen molar-refractivity contribution in [3.8, 4) is 0 Å². The molecule has 1 N–H and O–H groups in total. The Morgan fingerprint density at radius 3 is 2.26 bits per heavy atom. The van der Waals surface area contributed by atoms with Crippen molar-refractivity contribution in [1.82, 2.24) is 9.13 Å². The Morgan fingerprint density at radius 2 is 1.52 bits per heavy atom. The highest BCUT2D eigenvalue weighted by Gasteiger charge is 2.15. The van der Waals surface area contributed by atoms with E-state index >= 15 is 0 Å². The normalized spacial score (nSPS) is 10.9. The highest BCUT2D eigenvalue weighted by molar-refractivity contribution is 6.30. The Bertz CT molecular complexity index is 1340. The second kappa shape index (κ2) is 9.02. The van der Waals surface area contributed by atoms with Gasteiger partial charge in [-0.3, -0.25) is 18.7 Å². The van der Waals surface area contributed by atoms with E-state index in [2.05, 4.69) is 5.32 Å². The number of carbonyl (C=O) groups excluding carboxylic acids is 1. The van der Waals surface area contributed by atoms with Crippen LogP contribution >= 0.6 is 11.6 Å². The summed E-state index contributed by atoms with van der Waals surface area (Å²) < 4.78 is 2.54. The molecule has 0 aliphatic heterocycles. The van der Waals surface area contributed by atoms with E-state index in [1.165, 1.54) is 9.13 Å². The summed E-state index contributed by atoms with van der Waals surface area (Å²) in [5.74, 6) is -0.372. The van der Waals surface area contributed by atoms with E-state index < -0.39 is 5.69 Å². The Kier molecular flexibility index (Phi) is 6.00. The molecule has 0 saturated carbocycles. The van der Waals surface area contributed by atoms with E-state index in [1.54, 1.807) is 48.5 Å². The molecule has 0 spiro atoms. The molecule has 1 aromatic heterocycles. The summed E-state index contributed by atoms with van der Waals surface area (Å²) in [6.07, 6.45) is 0.533. The molecule has 0 radical (unpaired) electrons. The van der Waals surface area contributed by atoms with Gasteiger partial charge in [-0.15, -0.1) is 0 Å². The Balaban J connectivity index is 1.68. The summed E-state index contributed by atoms with van der Waals surface area (Å²) in [4.78, 5) is 38.8. The lowest BCUT2D eigenvalue weighted by atomic mass is 10.1. The summed E-state index contributed by atoms with van der Waals surface area (Å²) in [5, 5.41) is 3.72. The van der Waals surface area contributed by atoms with Crippen LogP contribution in [0.1, 0.15) is 5.56 Å². The molecule has 6 nitrogen and oxygen atoms in total. The number of carbonyl (C=O) groups is 1. The molecule has 0 fully saturated rings. The topological polar surface area (TPSA) is 73.1 Å². The maximum Gasteiger partial charge on any atom is 0.331 e. The number of fused-ring (bicyclic) bond motifs is 1. The lowest BCUT2D eigenvalue weighted by Crippen LogP contribution is -2.42. The van der Waals surface area contributed by atoms with Crippen LogP contribution in [0.2, 0.25) is 5.02 Å². The smallest absolute Gasteiger partial charge is 0.325 e. The number of aryl methyl sites for hydroxylation is 1. The maximum absolute atomic E-state index is 13.2. The van der Waals surface area contributed by atoms with Crippen LogP contribution in [0.25, 0.3) is 10.9 Å². The molecule has 1 heterocycles. The van der Waals surface area contributed by atoms with Gasteiger partial charge in [0.25, 0.3) is 5.56 Å². The van der Waals surface area contributed by atoms with Gasteiger partial charge in [0.1, 0.15) is 6.54 Å². The van der Waals surface area contributed by atoms with Crippen molar-refractivity contribution < 1.29 is 4.79 Å². The van der Waals surface area contributed by atoms with Gasteiger partial charge in [0.05, 0.1) is 10.9 Å². The Labute approximate surface area is 183 Å². The van der Waals surface area contributed by atoms with Crippen LogP contribution in [-0.2, 0) is 24.3 Å². The standard InChI is InChI=1S/C24H20ClN3O3/c25-18-10-12-19(13-11-18)26-22(29)16-28-21-9-5-4-8-20(21)23(30)27(24(28)31)15-14-17-6-2-1-3-7-17/h1-13H,14-16H2,(H,26,29). The largest absolute Gasteiger partial charge is 0.331 e. The molecule has 1 amide bonds. The van der Waals surface area contributed by atoms with Gasteiger partial charge in [-0.05, 0) is 48.4 Å². The minimum Gasteiger partial charge on any atom is -0.325 e. The number of aromatic nitrogens is 2. The lowest BCUT2D eigenvalue weighted by Gasteiger charge is -2.14. The first kappa shape index (κ1) is 20.6. The van der Waals surface area contributed by atoms with Gasteiger partial charge in [-0.2, -0.15) is 0 Å². The van der Waals surface area contributed by atoms with Crippen LogP contribution in [0.15, 0.2) is 88.5 Å². The number of nitrogens with one attached hydrogen (secondary N) is 1. The SMILES string of the molecule is O=C(Cn1c(=O)n(CCc2ccccc2)c(=O)c2ccccc21)Nc1ccc(Cl)cc1. The number of rotatable bonds is 6. The van der Waals surface area contributed by atoms with Gasteiger partial charge >= 0.3 is 5.69 Å². The highest BCUT2D eigenvalue weighted by Crippen LogP contribution is 2.14. The Morgan fingerprint density at radius 1 is 0.839 bits per heavy atom. The number of hydrogen-bond donors (Lipinski definition) is 1. The van der Waals surface area contributed by atoms with E-state index in [4.69, 9.17) is 11.6 Å². The summed E-state index contributed by atoms with van der Waals surface area (Å²) in [5.41, 5.74) is 1.16. The first-order valence-electron chi connectivity index (χ1n) is 9.84. The molecule has 0 saturated heterocycles. The number of benzene rings is 3. The van der Waals surface area contributed by atoms with Gasteiger partial charge in [0, 0.05) is 17.3 Å². The molecular formula is C24H20ClN3O3. The van der Waals surface area contributed by atoms with Crippen LogP contribution in [0.3, 0.4) is 0 Å². The molecule has 7 heteroatoms. The average Bonchev–Trinajstić information content (AvgIpc) is 2.79. The van der Waals surface area contributed by atoms with Gasteiger partial charge in [0.15, 0.2) is 0 Å². The van der Waals surface area contributed by atoms with Gasteiger partial charge in [-0.1, -0.05) is 54.1 Å². The summed E-state index contributed by atoms with van der Waals surface area (Å²) in [6, 6.07) is 23.2. The number of para-hydroxylation sites is 1. The van der Waals surface area contributed by atoms with Gasteiger partial charge in [-0.25, -0.2) is 4.79 Å². The van der Waals surface area contributed by atoms with E-state index in [1.807, 2.05) is 30.3 Å². The molecule has 0 unspecified atom stereocenters. The van der Waals surface area contributed by atoms with Crippen LogP contribution in [-0.4, -0.2) is 15.0 Å². The molecule has 4 aromatic rings. The molecule has 3 aromatic carbocycles. The van der Waals surface area contributed by atoms with Crippen molar-refractivity contribution in [2.45, 2.75) is 19.5 Å². The first-order valence-corrected chi connectivity index (χ1v) is 10.2. The minimum atomic E-state index is -0.508. The van der Waals surface area contributed by atoms with Crippen molar-refractivity contribution in [1.29, 1.82) is 0 Å².